The number of aryl methyl sites for hydroxylation is 1. The summed E-state index contributed by atoms with van der Waals surface area (Å²) in [5.41, 5.74) is 7.48. The molecule has 5 rings (SSSR count). The number of carbonyl (C=O) groups is 1. The van der Waals surface area contributed by atoms with Gasteiger partial charge in [-0.3, -0.25) is 20.4 Å². The van der Waals surface area contributed by atoms with Crippen LogP contribution in [0.5, 0.6) is 5.75 Å². The van der Waals surface area contributed by atoms with Crippen molar-refractivity contribution in [2.75, 3.05) is 50.2 Å². The molecule has 9 heteroatoms. The van der Waals surface area contributed by atoms with Crippen LogP contribution in [-0.4, -0.2) is 55.2 Å². The first kappa shape index (κ1) is 22.2. The molecule has 0 bridgehead atoms. The standard InChI is InChI=1S/C25H28FN5O3/c1-15-6-4-5-7-20(15)27-28-25(33)18-13-31-16(2)14-34-24-21(31)17(23(18)32)12-19(26)22(24)30-10-8-29(3)9-11-30/h4-7,12-13,16,27H,8-11,14H2,1-3H3,(H,28,33)/t16-/m0/s1. The van der Waals surface area contributed by atoms with Crippen LogP contribution in [-0.2, 0) is 0 Å². The van der Waals surface area contributed by atoms with Gasteiger partial charge in [-0.25, -0.2) is 4.39 Å². The summed E-state index contributed by atoms with van der Waals surface area (Å²) in [6.45, 7) is 7.13. The summed E-state index contributed by atoms with van der Waals surface area (Å²) in [5.74, 6) is -0.719. The van der Waals surface area contributed by atoms with E-state index in [0.29, 0.717) is 36.6 Å². The highest BCUT2D eigenvalue weighted by Crippen LogP contribution is 2.42. The first-order chi connectivity index (χ1) is 16.3. The Labute approximate surface area is 196 Å². The number of para-hydroxylation sites is 1. The number of rotatable bonds is 4. The number of carbonyl (C=O) groups excluding carboxylic acids is 1. The molecule has 1 aromatic heterocycles. The highest BCUT2D eigenvalue weighted by atomic mass is 19.1. The van der Waals surface area contributed by atoms with E-state index in [2.05, 4.69) is 15.8 Å². The van der Waals surface area contributed by atoms with Gasteiger partial charge in [-0.15, -0.1) is 0 Å². The zero-order chi connectivity index (χ0) is 24.0. The second-order valence-electron chi connectivity index (χ2n) is 9.06. The molecule has 2 N–H and O–H groups in total. The van der Waals surface area contributed by atoms with Crippen molar-refractivity contribution in [1.82, 2.24) is 14.9 Å². The lowest BCUT2D eigenvalue weighted by atomic mass is 10.0. The Hall–Kier alpha value is -3.59. The molecule has 0 spiro atoms. The normalized spacial score (nSPS) is 18.0. The molecule has 2 aliphatic heterocycles. The number of hydrogen-bond donors (Lipinski definition) is 2. The Balaban J connectivity index is 1.57. The van der Waals surface area contributed by atoms with Crippen molar-refractivity contribution < 1.29 is 13.9 Å². The fourth-order valence-electron chi connectivity index (χ4n) is 4.60. The molecule has 1 saturated heterocycles. The summed E-state index contributed by atoms with van der Waals surface area (Å²) in [5, 5.41) is 0.139. The number of nitrogens with one attached hydrogen (secondary N) is 2. The van der Waals surface area contributed by atoms with E-state index in [1.807, 2.05) is 54.6 Å². The van der Waals surface area contributed by atoms with Crippen molar-refractivity contribution in [3.8, 4) is 5.75 Å². The zero-order valence-corrected chi connectivity index (χ0v) is 19.5. The maximum Gasteiger partial charge on any atom is 0.275 e. The second kappa shape index (κ2) is 8.64. The van der Waals surface area contributed by atoms with Gasteiger partial charge in [-0.1, -0.05) is 18.2 Å². The van der Waals surface area contributed by atoms with Crippen LogP contribution in [0.3, 0.4) is 0 Å². The second-order valence-corrected chi connectivity index (χ2v) is 9.06. The van der Waals surface area contributed by atoms with Crippen molar-refractivity contribution in [2.24, 2.45) is 0 Å². The number of piperazine rings is 1. The number of ether oxygens (including phenoxy) is 1. The Morgan fingerprint density at radius 2 is 1.91 bits per heavy atom. The lowest BCUT2D eigenvalue weighted by Gasteiger charge is -2.37. The smallest absolute Gasteiger partial charge is 0.275 e. The van der Waals surface area contributed by atoms with Crippen molar-refractivity contribution in [2.45, 2.75) is 19.9 Å². The van der Waals surface area contributed by atoms with E-state index < -0.39 is 17.2 Å². The van der Waals surface area contributed by atoms with Crippen LogP contribution in [0.1, 0.15) is 28.9 Å². The van der Waals surface area contributed by atoms with Gasteiger partial charge in [0.05, 0.1) is 22.6 Å². The van der Waals surface area contributed by atoms with E-state index in [0.717, 1.165) is 24.3 Å². The third-order valence-corrected chi connectivity index (χ3v) is 6.66. The van der Waals surface area contributed by atoms with Gasteiger partial charge in [0.15, 0.2) is 11.6 Å². The van der Waals surface area contributed by atoms with Crippen LogP contribution >= 0.6 is 0 Å². The molecule has 0 unspecified atom stereocenters. The minimum atomic E-state index is -0.581. The van der Waals surface area contributed by atoms with Gasteiger partial charge in [0, 0.05) is 32.4 Å². The minimum absolute atomic E-state index is 0.0555. The highest BCUT2D eigenvalue weighted by Gasteiger charge is 2.31. The molecular weight excluding hydrogens is 437 g/mol. The number of halogens is 1. The molecule has 8 nitrogen and oxygen atoms in total. The minimum Gasteiger partial charge on any atom is -0.487 e. The van der Waals surface area contributed by atoms with Crippen LogP contribution in [0, 0.1) is 12.7 Å². The van der Waals surface area contributed by atoms with Crippen LogP contribution in [0.4, 0.5) is 15.8 Å². The predicted molar refractivity (Wildman–Crippen MR) is 130 cm³/mol. The van der Waals surface area contributed by atoms with Gasteiger partial charge in [0.2, 0.25) is 5.43 Å². The van der Waals surface area contributed by atoms with E-state index in [9.17, 15) is 9.59 Å². The Morgan fingerprint density at radius 1 is 1.18 bits per heavy atom. The van der Waals surface area contributed by atoms with Gasteiger partial charge in [-0.05, 0) is 38.6 Å². The first-order valence-electron chi connectivity index (χ1n) is 11.4. The third-order valence-electron chi connectivity index (χ3n) is 6.66. The fraction of sp³-hybridized carbons (Fsp3) is 0.360. The molecule has 3 heterocycles. The number of nitrogens with zero attached hydrogens (tertiary/aromatic N) is 3. The molecule has 0 radical (unpaired) electrons. The number of aromatic nitrogens is 1. The average Bonchev–Trinajstić information content (AvgIpc) is 2.82. The molecule has 2 aliphatic rings. The number of hydrogen-bond acceptors (Lipinski definition) is 6. The molecular formula is C25H28FN5O3. The zero-order valence-electron chi connectivity index (χ0n) is 19.5. The van der Waals surface area contributed by atoms with Gasteiger partial charge in [0.25, 0.3) is 5.91 Å². The molecule has 178 valence electrons. The van der Waals surface area contributed by atoms with E-state index in [1.54, 1.807) is 6.20 Å². The Kier molecular flexibility index (Phi) is 5.65. The molecule has 2 aromatic carbocycles. The molecule has 0 saturated carbocycles. The van der Waals surface area contributed by atoms with Gasteiger partial charge in [0.1, 0.15) is 17.9 Å². The van der Waals surface area contributed by atoms with Crippen molar-refractivity contribution in [1.29, 1.82) is 0 Å². The van der Waals surface area contributed by atoms with Crippen molar-refractivity contribution in [3.05, 3.63) is 63.7 Å². The number of hydrazine groups is 1. The molecule has 3 aromatic rings. The fourth-order valence-corrected chi connectivity index (χ4v) is 4.60. The van der Waals surface area contributed by atoms with Crippen molar-refractivity contribution in [3.63, 3.8) is 0 Å². The molecule has 1 atom stereocenters. The van der Waals surface area contributed by atoms with Crippen LogP contribution in [0.25, 0.3) is 10.9 Å². The van der Waals surface area contributed by atoms with E-state index in [4.69, 9.17) is 4.74 Å². The molecule has 1 fully saturated rings. The molecule has 34 heavy (non-hydrogen) atoms. The number of likely N-dealkylation sites (N-methyl/N-ethyl adjacent to an activating group) is 1. The summed E-state index contributed by atoms with van der Waals surface area (Å²) < 4.78 is 23.3. The van der Waals surface area contributed by atoms with Crippen LogP contribution in [0.15, 0.2) is 41.3 Å². The van der Waals surface area contributed by atoms with Crippen LogP contribution in [0.2, 0.25) is 0 Å². The Bertz CT molecular complexity index is 1330. The lowest BCUT2D eigenvalue weighted by molar-refractivity contribution is 0.0960. The van der Waals surface area contributed by atoms with Crippen LogP contribution < -0.4 is 25.9 Å². The average molecular weight is 466 g/mol. The van der Waals surface area contributed by atoms with Crippen molar-refractivity contribution >= 4 is 28.2 Å². The quantitative estimate of drug-likeness (QED) is 0.577. The summed E-state index contributed by atoms with van der Waals surface area (Å²) in [6, 6.07) is 8.60. The summed E-state index contributed by atoms with van der Waals surface area (Å²) in [4.78, 5) is 30.5. The summed E-state index contributed by atoms with van der Waals surface area (Å²) >= 11 is 0. The SMILES string of the molecule is Cc1ccccc1NNC(=O)c1cn2c3c(c(N4CCN(C)CC4)c(F)cc3c1=O)OC[C@@H]2C. The number of benzene rings is 2. The predicted octanol–water partition coefficient (Wildman–Crippen LogP) is 2.91. The van der Waals surface area contributed by atoms with E-state index >= 15 is 4.39 Å². The monoisotopic (exact) mass is 465 g/mol. The number of anilines is 2. The van der Waals surface area contributed by atoms with Gasteiger partial charge >= 0.3 is 0 Å². The first-order valence-corrected chi connectivity index (χ1v) is 11.4. The van der Waals surface area contributed by atoms with E-state index in [1.165, 1.54) is 6.07 Å². The number of pyridine rings is 1. The maximum absolute atomic E-state index is 15.4. The van der Waals surface area contributed by atoms with Gasteiger partial charge in [-0.2, -0.15) is 0 Å². The third kappa shape index (κ3) is 3.75. The highest BCUT2D eigenvalue weighted by molar-refractivity contribution is 6.00. The largest absolute Gasteiger partial charge is 0.487 e. The molecule has 1 amide bonds. The van der Waals surface area contributed by atoms with Gasteiger partial charge < -0.3 is 19.1 Å². The molecule has 0 aliphatic carbocycles. The summed E-state index contributed by atoms with van der Waals surface area (Å²) in [6.07, 6.45) is 1.56. The maximum atomic E-state index is 15.4. The topological polar surface area (TPSA) is 78.8 Å². The lowest BCUT2D eigenvalue weighted by Crippen LogP contribution is -2.45. The number of amides is 1. The van der Waals surface area contributed by atoms with E-state index in [-0.39, 0.29) is 17.0 Å². The summed E-state index contributed by atoms with van der Waals surface area (Å²) in [7, 11) is 2.04. The Morgan fingerprint density at radius 3 is 2.65 bits per heavy atom.